The van der Waals surface area contributed by atoms with Gasteiger partial charge in [0.15, 0.2) is 0 Å². The largest absolute Gasteiger partial charge is 0.471 e. The van der Waals surface area contributed by atoms with Gasteiger partial charge in [-0.2, -0.15) is 0 Å². The molecule has 1 aliphatic rings. The summed E-state index contributed by atoms with van der Waals surface area (Å²) in [6.45, 7) is 1.13. The molecule has 4 nitrogen and oxygen atoms in total. The molecular formula is C16H15FN2O2. The van der Waals surface area contributed by atoms with E-state index in [2.05, 4.69) is 4.98 Å². The second-order valence-corrected chi connectivity index (χ2v) is 5.01. The number of hydrogen-bond donors (Lipinski definition) is 0. The van der Waals surface area contributed by atoms with Gasteiger partial charge >= 0.3 is 0 Å². The molecule has 1 saturated heterocycles. The van der Waals surface area contributed by atoms with Gasteiger partial charge in [-0.05, 0) is 23.8 Å². The number of carbonyl (C=O) groups is 1. The quantitative estimate of drug-likeness (QED) is 0.864. The Balaban J connectivity index is 1.47. The predicted octanol–water partition coefficient (Wildman–Crippen LogP) is 2.05. The monoisotopic (exact) mass is 286 g/mol. The third-order valence-electron chi connectivity index (χ3n) is 3.39. The number of hydrogen-bond acceptors (Lipinski definition) is 3. The van der Waals surface area contributed by atoms with Gasteiger partial charge in [-0.1, -0.05) is 18.2 Å². The zero-order valence-corrected chi connectivity index (χ0v) is 11.4. The van der Waals surface area contributed by atoms with Crippen LogP contribution in [0.5, 0.6) is 5.88 Å². The molecule has 0 saturated carbocycles. The first-order chi connectivity index (χ1) is 10.2. The molecule has 2 aromatic rings. The van der Waals surface area contributed by atoms with Crippen LogP contribution in [0.3, 0.4) is 0 Å². The molecule has 1 aromatic heterocycles. The van der Waals surface area contributed by atoms with Gasteiger partial charge in [-0.25, -0.2) is 9.37 Å². The lowest BCUT2D eigenvalue weighted by molar-refractivity contribution is -0.139. The fourth-order valence-corrected chi connectivity index (χ4v) is 2.19. The lowest BCUT2D eigenvalue weighted by Gasteiger charge is -2.38. The summed E-state index contributed by atoms with van der Waals surface area (Å²) < 4.78 is 18.4. The summed E-state index contributed by atoms with van der Waals surface area (Å²) >= 11 is 0. The first kappa shape index (κ1) is 13.5. The maximum Gasteiger partial charge on any atom is 0.227 e. The number of nitrogens with zero attached hydrogens (tertiary/aromatic N) is 2. The number of rotatable bonds is 4. The number of aromatic nitrogens is 1. The van der Waals surface area contributed by atoms with Gasteiger partial charge in [0.05, 0.1) is 19.5 Å². The van der Waals surface area contributed by atoms with E-state index >= 15 is 0 Å². The Bertz CT molecular complexity index is 610. The number of halogens is 1. The molecule has 21 heavy (non-hydrogen) atoms. The molecule has 3 rings (SSSR count). The van der Waals surface area contributed by atoms with Crippen LogP contribution in [0.15, 0.2) is 48.7 Å². The molecular weight excluding hydrogens is 271 g/mol. The maximum absolute atomic E-state index is 12.8. The Morgan fingerprint density at radius 3 is 2.67 bits per heavy atom. The van der Waals surface area contributed by atoms with E-state index in [4.69, 9.17) is 4.74 Å². The van der Waals surface area contributed by atoms with Crippen molar-refractivity contribution < 1.29 is 13.9 Å². The van der Waals surface area contributed by atoms with E-state index in [1.807, 2.05) is 12.1 Å². The summed E-state index contributed by atoms with van der Waals surface area (Å²) in [5, 5.41) is 0. The molecule has 0 bridgehead atoms. The zero-order valence-electron chi connectivity index (χ0n) is 11.4. The average Bonchev–Trinajstić information content (AvgIpc) is 2.46. The van der Waals surface area contributed by atoms with Crippen LogP contribution in [0, 0.1) is 5.82 Å². The smallest absolute Gasteiger partial charge is 0.227 e. The molecule has 108 valence electrons. The minimum Gasteiger partial charge on any atom is -0.471 e. The highest BCUT2D eigenvalue weighted by atomic mass is 19.1. The number of benzene rings is 1. The van der Waals surface area contributed by atoms with Crippen LogP contribution in [0.2, 0.25) is 0 Å². The fraction of sp³-hybridized carbons (Fsp3) is 0.250. The number of pyridine rings is 1. The molecule has 0 unspecified atom stereocenters. The Labute approximate surface area is 122 Å². The van der Waals surface area contributed by atoms with Gasteiger partial charge in [0.25, 0.3) is 0 Å². The highest BCUT2D eigenvalue weighted by Crippen LogP contribution is 2.17. The average molecular weight is 286 g/mol. The zero-order chi connectivity index (χ0) is 14.7. The normalized spacial score (nSPS) is 14.6. The van der Waals surface area contributed by atoms with Crippen LogP contribution in [-0.4, -0.2) is 35.0 Å². The van der Waals surface area contributed by atoms with Crippen molar-refractivity contribution in [2.75, 3.05) is 13.1 Å². The van der Waals surface area contributed by atoms with Gasteiger partial charge in [-0.15, -0.1) is 0 Å². The SMILES string of the molecule is O=C(Cc1ccc(F)cc1)N1CC(Oc2ccccn2)C1. The van der Waals surface area contributed by atoms with Crippen molar-refractivity contribution in [2.45, 2.75) is 12.5 Å². The van der Waals surface area contributed by atoms with Crippen LogP contribution in [0.1, 0.15) is 5.56 Å². The van der Waals surface area contributed by atoms with Crippen LogP contribution < -0.4 is 4.74 Å². The number of ether oxygens (including phenoxy) is 1. The lowest BCUT2D eigenvalue weighted by Crippen LogP contribution is -2.56. The summed E-state index contributed by atoms with van der Waals surface area (Å²) in [5.41, 5.74) is 0.815. The van der Waals surface area contributed by atoms with Crippen molar-refractivity contribution in [1.29, 1.82) is 0 Å². The van der Waals surface area contributed by atoms with Gasteiger partial charge in [0, 0.05) is 12.3 Å². The van der Waals surface area contributed by atoms with E-state index in [-0.39, 0.29) is 24.2 Å². The summed E-state index contributed by atoms with van der Waals surface area (Å²) in [7, 11) is 0. The first-order valence-corrected chi connectivity index (χ1v) is 6.80. The fourth-order valence-electron chi connectivity index (χ4n) is 2.19. The minimum absolute atomic E-state index is 0.00271. The topological polar surface area (TPSA) is 42.4 Å². The van der Waals surface area contributed by atoms with E-state index in [0.29, 0.717) is 19.0 Å². The molecule has 1 fully saturated rings. The van der Waals surface area contributed by atoms with E-state index in [1.165, 1.54) is 12.1 Å². The van der Waals surface area contributed by atoms with Crippen molar-refractivity contribution in [3.8, 4) is 5.88 Å². The minimum atomic E-state index is -0.293. The van der Waals surface area contributed by atoms with E-state index in [9.17, 15) is 9.18 Å². The Morgan fingerprint density at radius 1 is 1.24 bits per heavy atom. The third kappa shape index (κ3) is 3.37. The second kappa shape index (κ2) is 5.91. The lowest BCUT2D eigenvalue weighted by atomic mass is 10.1. The summed E-state index contributed by atoms with van der Waals surface area (Å²) in [5.74, 6) is 0.314. The number of likely N-dealkylation sites (tertiary alicyclic amines) is 1. The Hall–Kier alpha value is -2.43. The standard InChI is InChI=1S/C16H15FN2O2/c17-13-6-4-12(5-7-13)9-16(20)19-10-14(11-19)21-15-3-1-2-8-18-15/h1-8,14H,9-11H2. The second-order valence-electron chi connectivity index (χ2n) is 5.01. The third-order valence-corrected chi connectivity index (χ3v) is 3.39. The molecule has 1 aliphatic heterocycles. The van der Waals surface area contributed by atoms with E-state index in [0.717, 1.165) is 5.56 Å². The van der Waals surface area contributed by atoms with Gasteiger partial charge < -0.3 is 9.64 Å². The van der Waals surface area contributed by atoms with Crippen LogP contribution in [0.25, 0.3) is 0 Å². The molecule has 1 aromatic carbocycles. The van der Waals surface area contributed by atoms with E-state index < -0.39 is 0 Å². The van der Waals surface area contributed by atoms with Crippen LogP contribution in [0.4, 0.5) is 4.39 Å². The van der Waals surface area contributed by atoms with Gasteiger partial charge in [0.1, 0.15) is 11.9 Å². The molecule has 0 radical (unpaired) electrons. The van der Waals surface area contributed by atoms with Crippen molar-refractivity contribution in [2.24, 2.45) is 0 Å². The van der Waals surface area contributed by atoms with Gasteiger partial charge in [-0.3, -0.25) is 4.79 Å². The molecule has 5 heteroatoms. The summed E-state index contributed by atoms with van der Waals surface area (Å²) in [4.78, 5) is 17.9. The van der Waals surface area contributed by atoms with Crippen molar-refractivity contribution in [1.82, 2.24) is 9.88 Å². The number of carbonyl (C=O) groups excluding carboxylic acids is 1. The van der Waals surface area contributed by atoms with Crippen LogP contribution >= 0.6 is 0 Å². The van der Waals surface area contributed by atoms with Crippen LogP contribution in [-0.2, 0) is 11.2 Å². The first-order valence-electron chi connectivity index (χ1n) is 6.80. The molecule has 0 atom stereocenters. The Morgan fingerprint density at radius 2 is 2.00 bits per heavy atom. The predicted molar refractivity (Wildman–Crippen MR) is 75.3 cm³/mol. The molecule has 0 N–H and O–H groups in total. The van der Waals surface area contributed by atoms with Crippen molar-refractivity contribution >= 4 is 5.91 Å². The Kier molecular flexibility index (Phi) is 3.81. The summed E-state index contributed by atoms with van der Waals surface area (Å²) in [6.07, 6.45) is 1.96. The van der Waals surface area contributed by atoms with Gasteiger partial charge in [0.2, 0.25) is 11.8 Å². The van der Waals surface area contributed by atoms with Crippen molar-refractivity contribution in [3.05, 3.63) is 60.0 Å². The molecule has 2 heterocycles. The maximum atomic E-state index is 12.8. The molecule has 0 spiro atoms. The summed E-state index contributed by atoms with van der Waals surface area (Å²) in [6, 6.07) is 11.5. The molecule has 1 amide bonds. The van der Waals surface area contributed by atoms with Crippen molar-refractivity contribution in [3.63, 3.8) is 0 Å². The molecule has 0 aliphatic carbocycles. The highest BCUT2D eigenvalue weighted by molar-refractivity contribution is 5.79. The van der Waals surface area contributed by atoms with E-state index in [1.54, 1.807) is 29.3 Å². The highest BCUT2D eigenvalue weighted by Gasteiger charge is 2.32. The number of amides is 1.